The minimum atomic E-state index is -5.21. The molecule has 0 spiro atoms. The van der Waals surface area contributed by atoms with Crippen LogP contribution in [-0.4, -0.2) is 83.2 Å². The lowest BCUT2D eigenvalue weighted by Crippen LogP contribution is -2.62. The summed E-state index contributed by atoms with van der Waals surface area (Å²) in [6, 6.07) is 0.0346. The number of aromatic nitrogens is 1. The third-order valence-corrected chi connectivity index (χ3v) is 10.8. The largest absolute Gasteiger partial charge is 0.488 e. The lowest BCUT2D eigenvalue weighted by atomic mass is 9.85. The Hall–Kier alpha value is -4.62. The first-order valence-electron chi connectivity index (χ1n) is 17.5. The van der Waals surface area contributed by atoms with Crippen molar-refractivity contribution in [2.75, 3.05) is 6.54 Å². The fourth-order valence-corrected chi connectivity index (χ4v) is 7.44. The molecule has 56 heavy (non-hydrogen) atoms. The van der Waals surface area contributed by atoms with E-state index >= 15 is 0 Å². The number of rotatable bonds is 11. The smallest absolute Gasteiger partial charge is 0.433 e. The molecule has 1 aromatic heterocycles. The number of nitrogens with zero attached hydrogens (tertiary/aromatic N) is 2. The molecule has 1 aliphatic heterocycles. The summed E-state index contributed by atoms with van der Waals surface area (Å²) in [4.78, 5) is 59.1. The van der Waals surface area contributed by atoms with Crippen molar-refractivity contribution >= 4 is 44.7 Å². The minimum absolute atomic E-state index is 0.291. The van der Waals surface area contributed by atoms with Gasteiger partial charge in [-0.15, -0.1) is 6.58 Å². The van der Waals surface area contributed by atoms with E-state index in [1.54, 1.807) is 41.5 Å². The van der Waals surface area contributed by atoms with Crippen LogP contribution in [0.4, 0.5) is 31.1 Å². The van der Waals surface area contributed by atoms with Crippen LogP contribution in [0.2, 0.25) is 0 Å². The maximum Gasteiger partial charge on any atom is 0.433 e. The number of likely N-dealkylation sites (tertiary alicyclic amines) is 1. The Kier molecular flexibility index (Phi) is 12.1. The second-order valence-corrected chi connectivity index (χ2v) is 18.1. The summed E-state index contributed by atoms with van der Waals surface area (Å²) in [6.45, 7) is 13.8. The predicted octanol–water partition coefficient (Wildman–Crippen LogP) is 5.62. The molecule has 4 atom stereocenters. The average Bonchev–Trinajstić information content (AvgIpc) is 3.82. The molecular formula is C36H45F6N5O8S. The number of para-hydroxylation sites is 1. The Labute approximate surface area is 320 Å². The molecule has 2 fully saturated rings. The highest BCUT2D eigenvalue weighted by Crippen LogP contribution is 2.41. The quantitative estimate of drug-likeness (QED) is 0.192. The van der Waals surface area contributed by atoms with Crippen molar-refractivity contribution in [3.05, 3.63) is 48.2 Å². The van der Waals surface area contributed by atoms with Gasteiger partial charge in [-0.3, -0.25) is 19.1 Å². The third kappa shape index (κ3) is 10.4. The van der Waals surface area contributed by atoms with E-state index in [0.29, 0.717) is 25.0 Å². The van der Waals surface area contributed by atoms with Crippen molar-refractivity contribution < 1.29 is 63.4 Å². The van der Waals surface area contributed by atoms with Gasteiger partial charge in [0.15, 0.2) is 0 Å². The number of carbonyl (C=O) groups is 4. The monoisotopic (exact) mass is 821 g/mol. The minimum Gasteiger partial charge on any atom is -0.488 e. The van der Waals surface area contributed by atoms with Gasteiger partial charge in [-0.25, -0.2) is 18.2 Å². The van der Waals surface area contributed by atoms with Gasteiger partial charge in [0.2, 0.25) is 21.8 Å². The van der Waals surface area contributed by atoms with Crippen LogP contribution in [0.15, 0.2) is 36.9 Å². The Morgan fingerprint density at radius 3 is 2.14 bits per heavy atom. The number of sulfonamides is 1. The van der Waals surface area contributed by atoms with Gasteiger partial charge in [0, 0.05) is 17.9 Å². The second kappa shape index (κ2) is 15.4. The van der Waals surface area contributed by atoms with Crippen LogP contribution in [-0.2, 0) is 41.5 Å². The van der Waals surface area contributed by atoms with Crippen LogP contribution in [0.1, 0.15) is 85.4 Å². The number of alkyl halides is 6. The van der Waals surface area contributed by atoms with Crippen molar-refractivity contribution in [1.82, 2.24) is 25.2 Å². The fraction of sp³-hybridized carbons (Fsp3) is 0.583. The van der Waals surface area contributed by atoms with Gasteiger partial charge < -0.3 is 25.0 Å². The van der Waals surface area contributed by atoms with Gasteiger partial charge in [0.25, 0.3) is 5.91 Å². The molecule has 4 rings (SSSR count). The molecule has 3 N–H and O–H groups in total. The zero-order chi connectivity index (χ0) is 42.4. The molecular weight excluding hydrogens is 776 g/mol. The molecule has 13 nitrogen and oxygen atoms in total. The van der Waals surface area contributed by atoms with E-state index in [2.05, 4.69) is 22.2 Å². The highest BCUT2D eigenvalue weighted by atomic mass is 32.2. The zero-order valence-electron chi connectivity index (χ0n) is 31.8. The van der Waals surface area contributed by atoms with E-state index in [0.717, 1.165) is 17.0 Å². The lowest BCUT2D eigenvalue weighted by Gasteiger charge is -2.36. The number of halogens is 6. The van der Waals surface area contributed by atoms with Crippen LogP contribution < -0.4 is 20.1 Å². The van der Waals surface area contributed by atoms with Gasteiger partial charge in [-0.2, -0.15) is 26.3 Å². The molecule has 1 saturated heterocycles. The SMILES string of the molecule is C=CC[C@](C)(NC(=O)[C@@H]1C[C@@H](Oc2cc(C(F)(F)F)nc3c(C(F)(F)F)cccc23)CN1C(=O)[C@@H](NC(=O)OC(C)(C)C)C(C)(C)C)C(=O)NS(=O)(=O)C1CC1. The summed E-state index contributed by atoms with van der Waals surface area (Å²) in [5.74, 6) is -3.68. The maximum atomic E-state index is 14.4. The van der Waals surface area contributed by atoms with Crippen LogP contribution in [0.3, 0.4) is 0 Å². The van der Waals surface area contributed by atoms with Crippen LogP contribution in [0, 0.1) is 5.41 Å². The molecule has 1 aromatic carbocycles. The highest BCUT2D eigenvalue weighted by molar-refractivity contribution is 7.91. The van der Waals surface area contributed by atoms with Crippen molar-refractivity contribution in [2.24, 2.45) is 5.41 Å². The lowest BCUT2D eigenvalue weighted by molar-refractivity contribution is -0.143. The van der Waals surface area contributed by atoms with Crippen molar-refractivity contribution in [2.45, 2.75) is 121 Å². The molecule has 2 aliphatic rings. The molecule has 20 heteroatoms. The third-order valence-electron chi connectivity index (χ3n) is 8.96. The molecule has 0 radical (unpaired) electrons. The first-order valence-corrected chi connectivity index (χ1v) is 19.1. The van der Waals surface area contributed by atoms with Crippen molar-refractivity contribution in [3.8, 4) is 5.75 Å². The van der Waals surface area contributed by atoms with Crippen molar-refractivity contribution in [1.29, 1.82) is 0 Å². The summed E-state index contributed by atoms with van der Waals surface area (Å²) in [7, 11) is -4.08. The number of carbonyl (C=O) groups excluding carboxylic acids is 4. The second-order valence-electron chi connectivity index (χ2n) is 16.1. The standard InChI is InChI=1S/C36H45F6N5O8S/c1-9-15-34(8,30(50)46-56(52,53)20-13-14-20)45-28(48)23-16-19(18-47(23)29(49)27(32(2,3)4)44-31(51)55-33(5,6)7)54-24-17-25(36(40,41)42)43-26-21(24)11-10-12-22(26)35(37,38)39/h9-12,17,19-20,23,27H,1,13-16,18H2,2-8H3,(H,44,51)(H,45,48)(H,46,50)/t19-,23+,27-,34+/m1/s1. The number of benzene rings is 1. The summed E-state index contributed by atoms with van der Waals surface area (Å²) in [5.41, 5.74) is -8.20. The topological polar surface area (TPSA) is 173 Å². The maximum absolute atomic E-state index is 14.4. The summed E-state index contributed by atoms with van der Waals surface area (Å²) in [6.07, 6.45) is -11.5. The summed E-state index contributed by atoms with van der Waals surface area (Å²) in [5, 5.41) is 3.76. The molecule has 1 saturated carbocycles. The van der Waals surface area contributed by atoms with E-state index in [9.17, 15) is 53.9 Å². The number of hydrogen-bond donors (Lipinski definition) is 3. The van der Waals surface area contributed by atoms with Crippen LogP contribution >= 0.6 is 0 Å². The predicted molar refractivity (Wildman–Crippen MR) is 190 cm³/mol. The molecule has 2 heterocycles. The molecule has 0 bridgehead atoms. The average molecular weight is 822 g/mol. The number of amides is 4. The van der Waals surface area contributed by atoms with E-state index in [1.807, 2.05) is 4.72 Å². The molecule has 1 aliphatic carbocycles. The van der Waals surface area contributed by atoms with Crippen molar-refractivity contribution in [3.63, 3.8) is 0 Å². The van der Waals surface area contributed by atoms with E-state index in [4.69, 9.17) is 9.47 Å². The molecule has 4 amide bonds. The first kappa shape index (κ1) is 44.1. The molecule has 310 valence electrons. The summed E-state index contributed by atoms with van der Waals surface area (Å²) < 4.78 is 122. The molecule has 0 unspecified atom stereocenters. The van der Waals surface area contributed by atoms with E-state index in [1.165, 1.54) is 13.0 Å². The van der Waals surface area contributed by atoms with Gasteiger partial charge >= 0.3 is 18.4 Å². The highest BCUT2D eigenvalue weighted by Gasteiger charge is 2.49. The number of ether oxygens (including phenoxy) is 2. The normalized spacial score (nSPS) is 19.8. The van der Waals surface area contributed by atoms with Gasteiger partial charge in [0.05, 0.1) is 22.9 Å². The Morgan fingerprint density at radius 1 is 1.00 bits per heavy atom. The van der Waals surface area contributed by atoms with Gasteiger partial charge in [0.1, 0.15) is 40.8 Å². The number of nitrogens with one attached hydrogen (secondary N) is 3. The zero-order valence-corrected chi connectivity index (χ0v) is 32.6. The number of hydrogen-bond acceptors (Lipinski definition) is 9. The van der Waals surface area contributed by atoms with Gasteiger partial charge in [-0.1, -0.05) is 32.9 Å². The van der Waals surface area contributed by atoms with Crippen LogP contribution in [0.25, 0.3) is 10.9 Å². The van der Waals surface area contributed by atoms with E-state index < -0.39 is 127 Å². The van der Waals surface area contributed by atoms with E-state index in [-0.39, 0.29) is 6.42 Å². The first-order chi connectivity index (χ1) is 25.5. The number of fused-ring (bicyclic) bond motifs is 1. The number of alkyl carbamates (subject to hydrolysis) is 1. The Bertz CT molecular complexity index is 1990. The Balaban J connectivity index is 1.78. The Morgan fingerprint density at radius 2 is 1.62 bits per heavy atom. The van der Waals surface area contributed by atoms with Gasteiger partial charge in [-0.05, 0) is 64.5 Å². The summed E-state index contributed by atoms with van der Waals surface area (Å²) >= 11 is 0. The molecule has 2 aromatic rings. The number of pyridine rings is 1. The fourth-order valence-electron chi connectivity index (χ4n) is 6.03. The van der Waals surface area contributed by atoms with Crippen LogP contribution in [0.5, 0.6) is 5.75 Å².